The van der Waals surface area contributed by atoms with Gasteiger partial charge in [-0.2, -0.15) is 0 Å². The number of aromatic nitrogens is 1. The van der Waals surface area contributed by atoms with Crippen LogP contribution in [0.15, 0.2) is 47.2 Å². The van der Waals surface area contributed by atoms with E-state index in [9.17, 15) is 4.79 Å². The first-order chi connectivity index (χ1) is 11.1. The molecule has 1 fully saturated rings. The summed E-state index contributed by atoms with van der Waals surface area (Å²) in [4.78, 5) is 18.2. The van der Waals surface area contributed by atoms with Crippen LogP contribution in [0.2, 0.25) is 0 Å². The zero-order valence-corrected chi connectivity index (χ0v) is 14.8. The predicted molar refractivity (Wildman–Crippen MR) is 92.6 cm³/mol. The molecule has 0 N–H and O–H groups in total. The third-order valence-corrected chi connectivity index (χ3v) is 4.33. The molecule has 1 amide bonds. The molecule has 3 rings (SSSR count). The van der Waals surface area contributed by atoms with Crippen LogP contribution in [0.25, 0.3) is 11.1 Å². The van der Waals surface area contributed by atoms with E-state index in [1.807, 2.05) is 35.2 Å². The molecule has 23 heavy (non-hydrogen) atoms. The van der Waals surface area contributed by atoms with Gasteiger partial charge in [-0.25, -0.2) is 0 Å². The van der Waals surface area contributed by atoms with Gasteiger partial charge in [0.2, 0.25) is 0 Å². The molecule has 1 aliphatic heterocycles. The molecule has 1 aromatic carbocycles. The zero-order valence-electron chi connectivity index (χ0n) is 13.2. The van der Waals surface area contributed by atoms with Crippen molar-refractivity contribution in [1.29, 1.82) is 0 Å². The molecule has 1 aromatic heterocycles. The van der Waals surface area contributed by atoms with Gasteiger partial charge in [0, 0.05) is 29.0 Å². The third-order valence-electron chi connectivity index (χ3n) is 3.80. The Morgan fingerprint density at radius 3 is 2.74 bits per heavy atom. The highest BCUT2D eigenvalue weighted by molar-refractivity contribution is 9.10. The maximum absolute atomic E-state index is 12.2. The molecule has 0 aliphatic carbocycles. The molecule has 1 atom stereocenters. The molecular formula is C18H19BrN2O2. The van der Waals surface area contributed by atoms with Crippen LogP contribution in [0.1, 0.15) is 25.6 Å². The smallest absolute Gasteiger partial charge is 0.250 e. The van der Waals surface area contributed by atoms with Crippen LogP contribution in [0.3, 0.4) is 0 Å². The zero-order chi connectivity index (χ0) is 16.4. The van der Waals surface area contributed by atoms with Crippen molar-refractivity contribution in [3.63, 3.8) is 0 Å². The summed E-state index contributed by atoms with van der Waals surface area (Å²) in [6, 6.07) is 10.1. The number of ether oxygens (including phenoxy) is 1. The van der Waals surface area contributed by atoms with Gasteiger partial charge in [0.1, 0.15) is 6.61 Å². The summed E-state index contributed by atoms with van der Waals surface area (Å²) >= 11 is 3.46. The fraction of sp³-hybridized carbons (Fsp3) is 0.333. The lowest BCUT2D eigenvalue weighted by atomic mass is 10.0. The van der Waals surface area contributed by atoms with Gasteiger partial charge >= 0.3 is 0 Å². The lowest BCUT2D eigenvalue weighted by Crippen LogP contribution is -2.32. The van der Waals surface area contributed by atoms with Gasteiger partial charge in [-0.1, -0.05) is 41.9 Å². The average molecular weight is 375 g/mol. The normalized spacial score (nSPS) is 18.0. The fourth-order valence-corrected chi connectivity index (χ4v) is 3.06. The summed E-state index contributed by atoms with van der Waals surface area (Å²) in [5.41, 5.74) is 3.06. The average Bonchev–Trinajstić information content (AvgIpc) is 2.88. The van der Waals surface area contributed by atoms with Crippen molar-refractivity contribution in [3.8, 4) is 11.1 Å². The van der Waals surface area contributed by atoms with E-state index in [-0.39, 0.29) is 18.7 Å². The molecule has 0 radical (unpaired) electrons. The summed E-state index contributed by atoms with van der Waals surface area (Å²) in [5.74, 6) is 0.422. The Kier molecular flexibility index (Phi) is 4.78. The monoisotopic (exact) mass is 374 g/mol. The van der Waals surface area contributed by atoms with Gasteiger partial charge < -0.3 is 9.64 Å². The molecule has 0 bridgehead atoms. The molecular weight excluding hydrogens is 356 g/mol. The number of nitrogens with zero attached hydrogens (tertiary/aromatic N) is 2. The maximum atomic E-state index is 12.2. The minimum atomic E-state index is -0.364. The van der Waals surface area contributed by atoms with Crippen LogP contribution in [0, 0.1) is 5.92 Å². The van der Waals surface area contributed by atoms with Gasteiger partial charge in [-0.15, -0.1) is 0 Å². The van der Waals surface area contributed by atoms with Crippen LogP contribution in [-0.2, 0) is 9.53 Å². The van der Waals surface area contributed by atoms with E-state index in [1.165, 1.54) is 0 Å². The Hall–Kier alpha value is -1.72. The number of halogens is 1. The molecule has 5 heteroatoms. The minimum Gasteiger partial charge on any atom is -0.344 e. The van der Waals surface area contributed by atoms with Crippen molar-refractivity contribution in [2.24, 2.45) is 5.92 Å². The van der Waals surface area contributed by atoms with E-state index in [2.05, 4.69) is 34.8 Å². The van der Waals surface area contributed by atoms with Crippen LogP contribution in [0.4, 0.5) is 0 Å². The number of pyridine rings is 1. The van der Waals surface area contributed by atoms with Gasteiger partial charge in [-0.3, -0.25) is 9.78 Å². The molecule has 0 saturated carbocycles. The summed E-state index contributed by atoms with van der Waals surface area (Å²) in [5, 5.41) is 0. The van der Waals surface area contributed by atoms with Crippen molar-refractivity contribution in [3.05, 3.63) is 52.8 Å². The van der Waals surface area contributed by atoms with Crippen LogP contribution in [-0.4, -0.2) is 28.9 Å². The topological polar surface area (TPSA) is 42.4 Å². The maximum Gasteiger partial charge on any atom is 0.250 e. The van der Waals surface area contributed by atoms with Crippen LogP contribution < -0.4 is 0 Å². The van der Waals surface area contributed by atoms with Gasteiger partial charge in [0.25, 0.3) is 5.91 Å². The molecule has 1 unspecified atom stereocenters. The Bertz CT molecular complexity index is 700. The highest BCUT2D eigenvalue weighted by atomic mass is 79.9. The Balaban J connectivity index is 1.99. The Labute approximate surface area is 144 Å². The number of hydrogen-bond donors (Lipinski definition) is 0. The molecule has 120 valence electrons. The van der Waals surface area contributed by atoms with Crippen molar-refractivity contribution < 1.29 is 9.53 Å². The quantitative estimate of drug-likeness (QED) is 0.811. The van der Waals surface area contributed by atoms with E-state index >= 15 is 0 Å². The molecule has 2 heterocycles. The van der Waals surface area contributed by atoms with Crippen LogP contribution in [0.5, 0.6) is 0 Å². The third kappa shape index (κ3) is 3.46. The van der Waals surface area contributed by atoms with E-state index < -0.39 is 0 Å². The lowest BCUT2D eigenvalue weighted by molar-refractivity contribution is -0.128. The van der Waals surface area contributed by atoms with E-state index in [0.717, 1.165) is 21.2 Å². The summed E-state index contributed by atoms with van der Waals surface area (Å²) in [6.07, 6.45) is 3.20. The fourth-order valence-electron chi connectivity index (χ4n) is 2.80. The molecule has 4 nitrogen and oxygen atoms in total. The highest BCUT2D eigenvalue weighted by Gasteiger charge is 2.34. The molecule has 1 saturated heterocycles. The Morgan fingerprint density at radius 2 is 2.04 bits per heavy atom. The van der Waals surface area contributed by atoms with Crippen LogP contribution >= 0.6 is 15.9 Å². The first-order valence-corrected chi connectivity index (χ1v) is 8.46. The number of carbonyl (C=O) groups excluding carboxylic acids is 1. The van der Waals surface area contributed by atoms with Crippen molar-refractivity contribution in [2.75, 3.05) is 13.2 Å². The minimum absolute atomic E-state index is 0.0364. The van der Waals surface area contributed by atoms with E-state index in [1.54, 1.807) is 12.4 Å². The summed E-state index contributed by atoms with van der Waals surface area (Å²) in [6.45, 7) is 5.01. The molecule has 1 aliphatic rings. The number of benzene rings is 1. The number of hydrogen-bond acceptors (Lipinski definition) is 3. The second-order valence-corrected chi connectivity index (χ2v) is 6.99. The number of rotatable bonds is 4. The SMILES string of the molecule is CC(C)CN1C(=O)COC1c1cnccc1-c1ccc(Br)cc1. The second-order valence-electron chi connectivity index (χ2n) is 6.07. The second kappa shape index (κ2) is 6.81. The standard InChI is InChI=1S/C18H19BrN2O2/c1-12(2)10-21-17(22)11-23-18(21)16-9-20-8-7-15(16)13-3-5-14(19)6-4-13/h3-9,12,18H,10-11H2,1-2H3. The lowest BCUT2D eigenvalue weighted by Gasteiger charge is -2.26. The van der Waals surface area contributed by atoms with E-state index in [4.69, 9.17) is 4.74 Å². The van der Waals surface area contributed by atoms with E-state index in [0.29, 0.717) is 12.5 Å². The van der Waals surface area contributed by atoms with Gasteiger partial charge in [0.05, 0.1) is 0 Å². The summed E-state index contributed by atoms with van der Waals surface area (Å²) < 4.78 is 6.81. The summed E-state index contributed by atoms with van der Waals surface area (Å²) in [7, 11) is 0. The molecule has 2 aromatic rings. The predicted octanol–water partition coefficient (Wildman–Crippen LogP) is 4.02. The first kappa shape index (κ1) is 16.1. The van der Waals surface area contributed by atoms with Gasteiger partial charge in [0.15, 0.2) is 6.23 Å². The number of amides is 1. The largest absolute Gasteiger partial charge is 0.344 e. The first-order valence-electron chi connectivity index (χ1n) is 7.67. The molecule has 0 spiro atoms. The van der Waals surface area contributed by atoms with Crippen molar-refractivity contribution in [2.45, 2.75) is 20.1 Å². The highest BCUT2D eigenvalue weighted by Crippen LogP contribution is 2.35. The van der Waals surface area contributed by atoms with Gasteiger partial charge in [-0.05, 0) is 35.2 Å². The van der Waals surface area contributed by atoms with Crippen molar-refractivity contribution in [1.82, 2.24) is 9.88 Å². The number of carbonyl (C=O) groups is 1. The van der Waals surface area contributed by atoms with Crippen molar-refractivity contribution >= 4 is 21.8 Å². The Morgan fingerprint density at radius 1 is 1.30 bits per heavy atom.